The Bertz CT molecular complexity index is 1250. The molecule has 0 fully saturated rings. The maximum Gasteiger partial charge on any atom is 0.335 e. The second-order valence-corrected chi connectivity index (χ2v) is 8.67. The molecule has 0 bridgehead atoms. The van der Waals surface area contributed by atoms with Crippen molar-refractivity contribution in [2.45, 2.75) is 11.4 Å². The second-order valence-electron chi connectivity index (χ2n) is 7.17. The van der Waals surface area contributed by atoms with Crippen molar-refractivity contribution < 1.29 is 14.6 Å². The van der Waals surface area contributed by atoms with E-state index in [0.29, 0.717) is 17.4 Å². The SMILES string of the molecule is COc1ccccc1-c1cnc(N(Cc2ccccc2)Sc2ccc(C(=O)O)cc2)c(Cl)c1. The van der Waals surface area contributed by atoms with E-state index < -0.39 is 5.97 Å². The molecule has 0 aliphatic carbocycles. The first kappa shape index (κ1) is 22.7. The molecule has 0 saturated heterocycles. The van der Waals surface area contributed by atoms with Crippen LogP contribution in [-0.4, -0.2) is 23.2 Å². The van der Waals surface area contributed by atoms with E-state index in [1.54, 1.807) is 37.6 Å². The summed E-state index contributed by atoms with van der Waals surface area (Å²) in [7, 11) is 1.64. The number of carbonyl (C=O) groups is 1. The number of aromatic nitrogens is 1. The van der Waals surface area contributed by atoms with Gasteiger partial charge in [-0.15, -0.1) is 0 Å². The van der Waals surface area contributed by atoms with E-state index in [1.807, 2.05) is 65.0 Å². The smallest absolute Gasteiger partial charge is 0.335 e. The summed E-state index contributed by atoms with van der Waals surface area (Å²) >= 11 is 8.18. The molecule has 0 atom stereocenters. The van der Waals surface area contributed by atoms with Crippen LogP contribution >= 0.6 is 23.5 Å². The van der Waals surface area contributed by atoms with Crippen LogP contribution in [0.25, 0.3) is 11.1 Å². The van der Waals surface area contributed by atoms with Gasteiger partial charge in [0.2, 0.25) is 0 Å². The van der Waals surface area contributed by atoms with Crippen molar-refractivity contribution in [3.8, 4) is 16.9 Å². The topological polar surface area (TPSA) is 62.7 Å². The van der Waals surface area contributed by atoms with Crippen molar-refractivity contribution in [3.63, 3.8) is 0 Å². The summed E-state index contributed by atoms with van der Waals surface area (Å²) < 4.78 is 7.47. The number of rotatable bonds is 8. The maximum atomic E-state index is 11.2. The Balaban J connectivity index is 1.68. The predicted octanol–water partition coefficient (Wildman–Crippen LogP) is 6.82. The highest BCUT2D eigenvalue weighted by atomic mass is 35.5. The molecular formula is C26H21ClN2O3S. The number of anilines is 1. The lowest BCUT2D eigenvalue weighted by Gasteiger charge is -2.24. The molecule has 1 N–H and O–H groups in total. The summed E-state index contributed by atoms with van der Waals surface area (Å²) in [5, 5.41) is 9.67. The number of hydrogen-bond acceptors (Lipinski definition) is 5. The van der Waals surface area contributed by atoms with E-state index in [2.05, 4.69) is 0 Å². The van der Waals surface area contributed by atoms with Gasteiger partial charge in [0.05, 0.1) is 24.2 Å². The quantitative estimate of drug-likeness (QED) is 0.281. The number of ether oxygens (including phenoxy) is 1. The van der Waals surface area contributed by atoms with E-state index in [4.69, 9.17) is 21.3 Å². The number of halogens is 1. The molecule has 0 radical (unpaired) electrons. The van der Waals surface area contributed by atoms with Crippen LogP contribution < -0.4 is 9.04 Å². The fourth-order valence-electron chi connectivity index (χ4n) is 3.33. The lowest BCUT2D eigenvalue weighted by atomic mass is 10.1. The molecule has 166 valence electrons. The maximum absolute atomic E-state index is 11.2. The first-order chi connectivity index (χ1) is 16.0. The lowest BCUT2D eigenvalue weighted by Crippen LogP contribution is -2.15. The molecule has 0 spiro atoms. The zero-order valence-electron chi connectivity index (χ0n) is 17.8. The van der Waals surface area contributed by atoms with Gasteiger partial charge in [-0.3, -0.25) is 4.31 Å². The second kappa shape index (κ2) is 10.4. The molecule has 1 heterocycles. The molecule has 4 rings (SSSR count). The monoisotopic (exact) mass is 476 g/mol. The van der Waals surface area contributed by atoms with Gasteiger partial charge < -0.3 is 9.84 Å². The summed E-state index contributed by atoms with van der Waals surface area (Å²) in [6.07, 6.45) is 1.78. The molecule has 0 amide bonds. The molecule has 5 nitrogen and oxygen atoms in total. The summed E-state index contributed by atoms with van der Waals surface area (Å²) in [5.74, 6) is 0.410. The molecule has 0 saturated carbocycles. The summed E-state index contributed by atoms with van der Waals surface area (Å²) in [6, 6.07) is 26.4. The minimum atomic E-state index is -0.954. The zero-order valence-corrected chi connectivity index (χ0v) is 19.4. The van der Waals surface area contributed by atoms with Gasteiger partial charge >= 0.3 is 5.97 Å². The van der Waals surface area contributed by atoms with Gasteiger partial charge in [-0.25, -0.2) is 9.78 Å². The van der Waals surface area contributed by atoms with Crippen molar-refractivity contribution in [3.05, 3.63) is 107 Å². The minimum Gasteiger partial charge on any atom is -0.496 e. The molecule has 0 unspecified atom stereocenters. The summed E-state index contributed by atoms with van der Waals surface area (Å²) in [6.45, 7) is 0.562. The Morgan fingerprint density at radius 1 is 1.03 bits per heavy atom. The van der Waals surface area contributed by atoms with Gasteiger partial charge in [0.25, 0.3) is 0 Å². The van der Waals surface area contributed by atoms with Crippen LogP contribution in [0.3, 0.4) is 0 Å². The Morgan fingerprint density at radius 3 is 2.39 bits per heavy atom. The Morgan fingerprint density at radius 2 is 1.73 bits per heavy atom. The number of pyridine rings is 1. The van der Waals surface area contributed by atoms with Crippen LogP contribution in [0.5, 0.6) is 5.75 Å². The molecule has 0 aliphatic heterocycles. The van der Waals surface area contributed by atoms with Crippen LogP contribution in [0, 0.1) is 0 Å². The molecule has 0 aliphatic rings. The Labute approximate surface area is 201 Å². The van der Waals surface area contributed by atoms with Crippen molar-refractivity contribution in [2.24, 2.45) is 0 Å². The van der Waals surface area contributed by atoms with E-state index in [1.165, 1.54) is 11.9 Å². The molecule has 4 aromatic rings. The third kappa shape index (κ3) is 5.48. The number of aromatic carboxylic acids is 1. The lowest BCUT2D eigenvalue weighted by molar-refractivity contribution is 0.0697. The average molecular weight is 477 g/mol. The largest absolute Gasteiger partial charge is 0.496 e. The highest BCUT2D eigenvalue weighted by Crippen LogP contribution is 2.37. The highest BCUT2D eigenvalue weighted by molar-refractivity contribution is 8.00. The van der Waals surface area contributed by atoms with Crippen LogP contribution in [-0.2, 0) is 6.54 Å². The van der Waals surface area contributed by atoms with Gasteiger partial charge in [-0.1, -0.05) is 60.1 Å². The number of methoxy groups -OCH3 is 1. The first-order valence-corrected chi connectivity index (χ1v) is 11.3. The van der Waals surface area contributed by atoms with Gasteiger partial charge in [-0.05, 0) is 53.9 Å². The summed E-state index contributed by atoms with van der Waals surface area (Å²) in [5.41, 5.74) is 3.11. The van der Waals surface area contributed by atoms with Crippen molar-refractivity contribution in [1.82, 2.24) is 4.98 Å². The van der Waals surface area contributed by atoms with Crippen molar-refractivity contribution in [1.29, 1.82) is 0 Å². The molecule has 3 aromatic carbocycles. The first-order valence-electron chi connectivity index (χ1n) is 10.2. The van der Waals surface area contributed by atoms with Crippen molar-refractivity contribution >= 4 is 35.3 Å². The van der Waals surface area contributed by atoms with E-state index in [-0.39, 0.29) is 5.56 Å². The third-order valence-corrected chi connectivity index (χ3v) is 6.25. The van der Waals surface area contributed by atoms with E-state index in [9.17, 15) is 9.90 Å². The normalized spacial score (nSPS) is 10.6. The average Bonchev–Trinajstić information content (AvgIpc) is 2.84. The van der Waals surface area contributed by atoms with Gasteiger partial charge in [0.15, 0.2) is 5.82 Å². The molecular weight excluding hydrogens is 456 g/mol. The Hall–Kier alpha value is -3.48. The number of para-hydroxylation sites is 1. The molecule has 1 aromatic heterocycles. The van der Waals surface area contributed by atoms with Crippen LogP contribution in [0.1, 0.15) is 15.9 Å². The predicted molar refractivity (Wildman–Crippen MR) is 133 cm³/mol. The van der Waals surface area contributed by atoms with E-state index in [0.717, 1.165) is 27.3 Å². The number of hydrogen-bond donors (Lipinski definition) is 1. The number of carboxylic acids is 1. The fraction of sp³-hybridized carbons (Fsp3) is 0.0769. The van der Waals surface area contributed by atoms with Crippen LogP contribution in [0.2, 0.25) is 5.02 Å². The van der Waals surface area contributed by atoms with Crippen LogP contribution in [0.4, 0.5) is 5.82 Å². The standard InChI is InChI=1S/C26H21ClN2O3S/c1-32-24-10-6-5-9-22(24)20-15-23(27)25(28-16-20)29(17-18-7-3-2-4-8-18)33-21-13-11-19(12-14-21)26(30)31/h2-16H,17H2,1H3,(H,30,31). The summed E-state index contributed by atoms with van der Waals surface area (Å²) in [4.78, 5) is 16.8. The van der Waals surface area contributed by atoms with Gasteiger partial charge in [0.1, 0.15) is 5.75 Å². The zero-order chi connectivity index (χ0) is 23.2. The van der Waals surface area contributed by atoms with Crippen molar-refractivity contribution in [2.75, 3.05) is 11.4 Å². The number of nitrogens with zero attached hydrogens (tertiary/aromatic N) is 2. The Kier molecular flexibility index (Phi) is 7.17. The number of benzene rings is 3. The fourth-order valence-corrected chi connectivity index (χ4v) is 4.61. The highest BCUT2D eigenvalue weighted by Gasteiger charge is 2.17. The van der Waals surface area contributed by atoms with E-state index >= 15 is 0 Å². The van der Waals surface area contributed by atoms with Gasteiger partial charge in [0, 0.05) is 22.2 Å². The molecule has 33 heavy (non-hydrogen) atoms. The third-order valence-electron chi connectivity index (χ3n) is 4.96. The minimum absolute atomic E-state index is 0.242. The van der Waals surface area contributed by atoms with Gasteiger partial charge in [-0.2, -0.15) is 0 Å². The number of carboxylic acid groups (broad SMARTS) is 1. The van der Waals surface area contributed by atoms with Crippen LogP contribution in [0.15, 0.2) is 96.0 Å². The molecule has 7 heteroatoms.